The van der Waals surface area contributed by atoms with Crippen molar-refractivity contribution in [2.75, 3.05) is 26.2 Å². The molecule has 0 saturated carbocycles. The van der Waals surface area contributed by atoms with Gasteiger partial charge in [0, 0.05) is 32.6 Å². The van der Waals surface area contributed by atoms with Gasteiger partial charge in [-0.2, -0.15) is 0 Å². The van der Waals surface area contributed by atoms with Gasteiger partial charge in [0.2, 0.25) is 17.7 Å². The number of carbonyl (C=O) groups is 3. The van der Waals surface area contributed by atoms with Gasteiger partial charge >= 0.3 is 0 Å². The van der Waals surface area contributed by atoms with E-state index in [0.29, 0.717) is 32.5 Å². The maximum Gasteiger partial charge on any atom is 0.245 e. The third kappa shape index (κ3) is 6.19. The largest absolute Gasteiger partial charge is 0.370 e. The number of carbonyl (C=O) groups excluding carboxylic acids is 3. The molecule has 0 radical (unpaired) electrons. The summed E-state index contributed by atoms with van der Waals surface area (Å²) in [6, 6.07) is -0.600. The van der Waals surface area contributed by atoms with Crippen LogP contribution in [0.4, 0.5) is 0 Å². The Labute approximate surface area is 169 Å². The first-order valence-corrected chi connectivity index (χ1v) is 10.7. The second-order valence-corrected chi connectivity index (χ2v) is 9.55. The van der Waals surface area contributed by atoms with Crippen molar-refractivity contribution in [1.82, 2.24) is 15.1 Å². The molecule has 2 saturated heterocycles. The number of nitrogens with zero attached hydrogens (tertiary/aromatic N) is 2. The second-order valence-electron chi connectivity index (χ2n) is 9.55. The molecule has 2 aliphatic heterocycles. The lowest BCUT2D eigenvalue weighted by Gasteiger charge is -2.43. The topological polar surface area (TPSA) is 95.7 Å². The van der Waals surface area contributed by atoms with Crippen molar-refractivity contribution >= 4 is 17.7 Å². The minimum atomic E-state index is -0.415. The fourth-order valence-corrected chi connectivity index (χ4v) is 4.34. The van der Waals surface area contributed by atoms with Crippen LogP contribution in [0.25, 0.3) is 0 Å². The minimum Gasteiger partial charge on any atom is -0.370 e. The fourth-order valence-electron chi connectivity index (χ4n) is 4.34. The number of rotatable bonds is 7. The number of hydrogen-bond donors (Lipinski definition) is 2. The molecule has 0 aliphatic carbocycles. The number of piperidine rings is 1. The summed E-state index contributed by atoms with van der Waals surface area (Å²) < 4.78 is 0. The van der Waals surface area contributed by atoms with E-state index in [-0.39, 0.29) is 35.1 Å². The Kier molecular flexibility index (Phi) is 7.87. The number of primary amides is 1. The Morgan fingerprint density at radius 1 is 1.21 bits per heavy atom. The zero-order valence-electron chi connectivity index (χ0n) is 18.0. The first-order chi connectivity index (χ1) is 13.1. The molecule has 2 heterocycles. The van der Waals surface area contributed by atoms with E-state index in [2.05, 4.69) is 33.0 Å². The first kappa shape index (κ1) is 22.7. The Balaban J connectivity index is 2.11. The molecule has 2 aliphatic rings. The van der Waals surface area contributed by atoms with Gasteiger partial charge in [-0.05, 0) is 37.0 Å². The number of likely N-dealkylation sites (tertiary alicyclic amines) is 1. The monoisotopic (exact) mass is 394 g/mol. The Bertz CT molecular complexity index is 562. The van der Waals surface area contributed by atoms with Crippen LogP contribution >= 0.6 is 0 Å². The van der Waals surface area contributed by atoms with Crippen molar-refractivity contribution in [2.24, 2.45) is 17.1 Å². The van der Waals surface area contributed by atoms with Crippen LogP contribution in [0.2, 0.25) is 0 Å². The molecule has 28 heavy (non-hydrogen) atoms. The predicted molar refractivity (Wildman–Crippen MR) is 109 cm³/mol. The van der Waals surface area contributed by atoms with Crippen molar-refractivity contribution in [3.8, 4) is 0 Å². The van der Waals surface area contributed by atoms with E-state index in [4.69, 9.17) is 5.73 Å². The molecule has 160 valence electrons. The number of nitrogens with one attached hydrogen (secondary N) is 1. The third-order valence-electron chi connectivity index (χ3n) is 5.79. The molecule has 0 aromatic carbocycles. The van der Waals surface area contributed by atoms with Gasteiger partial charge in [0.15, 0.2) is 0 Å². The van der Waals surface area contributed by atoms with Gasteiger partial charge in [0.05, 0.1) is 6.04 Å². The molecule has 7 heteroatoms. The van der Waals surface area contributed by atoms with E-state index in [1.807, 2.05) is 9.80 Å². The predicted octanol–water partition coefficient (Wildman–Crippen LogP) is 1.51. The highest BCUT2D eigenvalue weighted by molar-refractivity contribution is 5.90. The SMILES string of the molecule is CCC[C@@H]1NCCN([C@@H](CC(C)(C)C)C(=O)N2CCC(CC(N)=O)CC2)C1=O. The van der Waals surface area contributed by atoms with Gasteiger partial charge in [-0.25, -0.2) is 0 Å². The molecule has 2 rings (SSSR count). The average molecular weight is 395 g/mol. The number of nitrogens with two attached hydrogens (primary N) is 1. The first-order valence-electron chi connectivity index (χ1n) is 10.7. The Morgan fingerprint density at radius 3 is 2.39 bits per heavy atom. The van der Waals surface area contributed by atoms with Gasteiger partial charge in [-0.1, -0.05) is 34.1 Å². The summed E-state index contributed by atoms with van der Waals surface area (Å²) in [6.07, 6.45) is 4.36. The van der Waals surface area contributed by atoms with Gasteiger partial charge in [0.25, 0.3) is 0 Å². The molecule has 2 atom stereocenters. The fraction of sp³-hybridized carbons (Fsp3) is 0.857. The summed E-state index contributed by atoms with van der Waals surface area (Å²) in [6.45, 7) is 11.0. The number of piperazine rings is 1. The number of amides is 3. The summed E-state index contributed by atoms with van der Waals surface area (Å²) >= 11 is 0. The Hall–Kier alpha value is -1.63. The maximum absolute atomic E-state index is 13.4. The maximum atomic E-state index is 13.4. The van der Waals surface area contributed by atoms with Gasteiger partial charge in [-0.3, -0.25) is 14.4 Å². The molecular formula is C21H38N4O3. The molecule has 0 unspecified atom stereocenters. The van der Waals surface area contributed by atoms with Crippen molar-refractivity contribution < 1.29 is 14.4 Å². The zero-order chi connectivity index (χ0) is 20.9. The highest BCUT2D eigenvalue weighted by Gasteiger charge is 2.40. The minimum absolute atomic E-state index is 0.0537. The van der Waals surface area contributed by atoms with E-state index < -0.39 is 6.04 Å². The Morgan fingerprint density at radius 2 is 1.86 bits per heavy atom. The highest BCUT2D eigenvalue weighted by atomic mass is 16.2. The molecule has 2 fully saturated rings. The lowest BCUT2D eigenvalue weighted by Crippen LogP contribution is -2.62. The van der Waals surface area contributed by atoms with Crippen LogP contribution in [0.1, 0.15) is 66.2 Å². The summed E-state index contributed by atoms with van der Waals surface area (Å²) in [5.41, 5.74) is 5.26. The van der Waals surface area contributed by atoms with Crippen LogP contribution in [-0.2, 0) is 14.4 Å². The van der Waals surface area contributed by atoms with E-state index in [1.165, 1.54) is 0 Å². The van der Waals surface area contributed by atoms with Crippen LogP contribution in [0.3, 0.4) is 0 Å². The van der Waals surface area contributed by atoms with Crippen LogP contribution in [0, 0.1) is 11.3 Å². The highest BCUT2D eigenvalue weighted by Crippen LogP contribution is 2.28. The normalized spacial score (nSPS) is 23.0. The van der Waals surface area contributed by atoms with Crippen molar-refractivity contribution in [2.45, 2.75) is 78.3 Å². The standard InChI is InChI=1S/C21H38N4O3/c1-5-6-16-19(27)25(12-9-23-16)17(14-21(2,3)4)20(28)24-10-7-15(8-11-24)13-18(22)26/h15-17,23H,5-14H2,1-4H3,(H2,22,26)/t16-,17-/m0/s1. The summed E-state index contributed by atoms with van der Waals surface area (Å²) in [5.74, 6) is 0.0957. The van der Waals surface area contributed by atoms with Crippen LogP contribution in [-0.4, -0.2) is 65.8 Å². The molecule has 7 nitrogen and oxygen atoms in total. The van der Waals surface area contributed by atoms with E-state index in [9.17, 15) is 14.4 Å². The van der Waals surface area contributed by atoms with Crippen molar-refractivity contribution in [3.63, 3.8) is 0 Å². The zero-order valence-corrected chi connectivity index (χ0v) is 18.0. The molecule has 3 N–H and O–H groups in total. The molecule has 3 amide bonds. The average Bonchev–Trinajstić information content (AvgIpc) is 2.61. The molecule has 0 spiro atoms. The van der Waals surface area contributed by atoms with Crippen LogP contribution < -0.4 is 11.1 Å². The van der Waals surface area contributed by atoms with Crippen molar-refractivity contribution in [3.05, 3.63) is 0 Å². The molecule has 0 bridgehead atoms. The second kappa shape index (κ2) is 9.72. The lowest BCUT2D eigenvalue weighted by atomic mass is 9.85. The summed E-state index contributed by atoms with van der Waals surface area (Å²) in [5, 5.41) is 3.30. The molecular weight excluding hydrogens is 356 g/mol. The van der Waals surface area contributed by atoms with E-state index >= 15 is 0 Å². The van der Waals surface area contributed by atoms with Crippen LogP contribution in [0.5, 0.6) is 0 Å². The molecule has 0 aromatic rings. The quantitative estimate of drug-likeness (QED) is 0.684. The summed E-state index contributed by atoms with van der Waals surface area (Å²) in [7, 11) is 0. The third-order valence-corrected chi connectivity index (χ3v) is 5.79. The number of hydrogen-bond acceptors (Lipinski definition) is 4. The van der Waals surface area contributed by atoms with Gasteiger partial charge < -0.3 is 20.9 Å². The van der Waals surface area contributed by atoms with Gasteiger partial charge in [0.1, 0.15) is 6.04 Å². The van der Waals surface area contributed by atoms with Crippen LogP contribution in [0.15, 0.2) is 0 Å². The smallest absolute Gasteiger partial charge is 0.245 e. The van der Waals surface area contributed by atoms with E-state index in [1.54, 1.807) is 0 Å². The summed E-state index contributed by atoms with van der Waals surface area (Å²) in [4.78, 5) is 41.4. The lowest BCUT2D eigenvalue weighted by molar-refractivity contribution is -0.151. The van der Waals surface area contributed by atoms with E-state index in [0.717, 1.165) is 32.2 Å². The van der Waals surface area contributed by atoms with Crippen molar-refractivity contribution in [1.29, 1.82) is 0 Å². The molecule has 0 aromatic heterocycles. The van der Waals surface area contributed by atoms with Gasteiger partial charge in [-0.15, -0.1) is 0 Å².